The highest BCUT2D eigenvalue weighted by molar-refractivity contribution is 5.90. The molecule has 11 nitrogen and oxygen atoms in total. The number of benzene rings is 1. The number of urea groups is 1. The van der Waals surface area contributed by atoms with Crippen LogP contribution in [0.2, 0.25) is 0 Å². The number of carbonyl (C=O) groups is 4. The van der Waals surface area contributed by atoms with Gasteiger partial charge in [0.1, 0.15) is 6.29 Å². The van der Waals surface area contributed by atoms with Gasteiger partial charge >= 0.3 is 12.1 Å². The lowest BCUT2D eigenvalue weighted by Gasteiger charge is -2.37. The second-order valence-corrected chi connectivity index (χ2v) is 8.31. The highest BCUT2D eigenvalue weighted by atomic mass is 16.6. The van der Waals surface area contributed by atoms with Gasteiger partial charge in [-0.2, -0.15) is 0 Å². The van der Waals surface area contributed by atoms with E-state index in [0.29, 0.717) is 11.4 Å². The number of pyridine rings is 1. The molecule has 0 bridgehead atoms. The highest BCUT2D eigenvalue weighted by Crippen LogP contribution is 2.16. The first kappa shape index (κ1) is 24.5. The molecule has 1 aliphatic heterocycles. The normalized spacial score (nSPS) is 13.8. The first-order valence-electron chi connectivity index (χ1n) is 10.7. The quantitative estimate of drug-likeness (QED) is 0.607. The molecule has 180 valence electrons. The number of nitrogens with zero attached hydrogens (tertiary/aromatic N) is 3. The van der Waals surface area contributed by atoms with Gasteiger partial charge in [0.15, 0.2) is 5.60 Å². The average Bonchev–Trinajstić information content (AvgIpc) is 2.78. The maximum absolute atomic E-state index is 12.7. The Hall–Kier alpha value is -4.15. The van der Waals surface area contributed by atoms with Gasteiger partial charge in [0.2, 0.25) is 0 Å². The Morgan fingerprint density at radius 3 is 2.38 bits per heavy atom. The number of primary amides is 1. The molecule has 1 aromatic carbocycles. The van der Waals surface area contributed by atoms with Crippen molar-refractivity contribution < 1.29 is 23.9 Å². The van der Waals surface area contributed by atoms with Gasteiger partial charge in [-0.15, -0.1) is 0 Å². The zero-order chi connectivity index (χ0) is 24.9. The van der Waals surface area contributed by atoms with E-state index < -0.39 is 23.6 Å². The number of hydrogen-bond donors (Lipinski definition) is 2. The van der Waals surface area contributed by atoms with E-state index in [2.05, 4.69) is 5.32 Å². The van der Waals surface area contributed by atoms with E-state index >= 15 is 0 Å². The fourth-order valence-electron chi connectivity index (χ4n) is 3.69. The molecule has 0 saturated carbocycles. The van der Waals surface area contributed by atoms with Crippen molar-refractivity contribution in [1.82, 2.24) is 14.4 Å². The van der Waals surface area contributed by atoms with Gasteiger partial charge in [0.05, 0.1) is 0 Å². The number of carbonyl (C=O) groups excluding carboxylic acids is 4. The van der Waals surface area contributed by atoms with Gasteiger partial charge < -0.3 is 30.4 Å². The summed E-state index contributed by atoms with van der Waals surface area (Å²) in [5, 5.41) is 2.70. The summed E-state index contributed by atoms with van der Waals surface area (Å²) in [7, 11) is 0. The van der Waals surface area contributed by atoms with E-state index in [9.17, 15) is 24.0 Å². The molecule has 0 atom stereocenters. The number of ether oxygens (including phenoxy) is 1. The molecule has 1 aromatic heterocycles. The molecule has 0 aliphatic carbocycles. The first-order valence-corrected chi connectivity index (χ1v) is 10.7. The second-order valence-electron chi connectivity index (χ2n) is 8.31. The number of nitrogens with two attached hydrogens (primary N) is 1. The van der Waals surface area contributed by atoms with Gasteiger partial charge in [-0.05, 0) is 37.6 Å². The molecule has 4 amide bonds. The standard InChI is InChI=1S/C23H27N5O6/c1-23(2,34-21(24)32)20(31)26-9-11-27(12-10-26)22(33)25-17-6-8-28(19(30)15-17)18-5-3-4-16(14-18)7-13-29/h3-6,8,13-15H,7,9-12H2,1-2H3,(H2,24,32)(H,25,33). The Morgan fingerprint density at radius 2 is 1.76 bits per heavy atom. The summed E-state index contributed by atoms with van der Waals surface area (Å²) in [6.45, 7) is 3.97. The topological polar surface area (TPSA) is 144 Å². The van der Waals surface area contributed by atoms with Gasteiger partial charge in [0.25, 0.3) is 11.5 Å². The molecule has 1 aliphatic rings. The lowest BCUT2D eigenvalue weighted by atomic mass is 10.1. The zero-order valence-corrected chi connectivity index (χ0v) is 19.0. The molecule has 0 spiro atoms. The fraction of sp³-hybridized carbons (Fsp3) is 0.348. The highest BCUT2D eigenvalue weighted by Gasteiger charge is 2.37. The molecule has 1 fully saturated rings. The molecule has 2 heterocycles. The summed E-state index contributed by atoms with van der Waals surface area (Å²) in [4.78, 5) is 62.6. The van der Waals surface area contributed by atoms with Gasteiger partial charge in [-0.1, -0.05) is 12.1 Å². The van der Waals surface area contributed by atoms with Crippen LogP contribution in [0.1, 0.15) is 19.4 Å². The smallest absolute Gasteiger partial charge is 0.405 e. The average molecular weight is 469 g/mol. The molecule has 3 rings (SSSR count). The molecule has 3 N–H and O–H groups in total. The van der Waals surface area contributed by atoms with E-state index in [4.69, 9.17) is 10.5 Å². The summed E-state index contributed by atoms with van der Waals surface area (Å²) in [5.74, 6) is -0.396. The number of hydrogen-bond acceptors (Lipinski definition) is 6. The second kappa shape index (κ2) is 10.2. The van der Waals surface area contributed by atoms with Crippen LogP contribution in [-0.4, -0.2) is 70.5 Å². The van der Waals surface area contributed by atoms with Crippen LogP contribution in [-0.2, 0) is 20.7 Å². The van der Waals surface area contributed by atoms with Crippen LogP contribution in [0, 0.1) is 0 Å². The van der Waals surface area contributed by atoms with Crippen LogP contribution >= 0.6 is 0 Å². The van der Waals surface area contributed by atoms with Gasteiger partial charge in [0, 0.05) is 56.2 Å². The molecular weight excluding hydrogens is 442 g/mol. The van der Waals surface area contributed by atoms with E-state index in [1.54, 1.807) is 36.5 Å². The number of aromatic nitrogens is 1. The minimum Gasteiger partial charge on any atom is -0.434 e. The lowest BCUT2D eigenvalue weighted by Crippen LogP contribution is -2.56. The number of rotatable bonds is 6. The maximum atomic E-state index is 12.7. The van der Waals surface area contributed by atoms with Crippen molar-refractivity contribution in [2.24, 2.45) is 5.73 Å². The van der Waals surface area contributed by atoms with Crippen molar-refractivity contribution >= 4 is 30.0 Å². The number of nitrogens with one attached hydrogen (secondary N) is 1. The number of amides is 4. The molecule has 2 aromatic rings. The van der Waals surface area contributed by atoms with E-state index in [1.165, 1.54) is 34.3 Å². The van der Waals surface area contributed by atoms with Crippen LogP contribution in [0.4, 0.5) is 15.3 Å². The van der Waals surface area contributed by atoms with Crippen molar-refractivity contribution in [2.45, 2.75) is 25.9 Å². The van der Waals surface area contributed by atoms with E-state index in [1.807, 2.05) is 0 Å². The number of anilines is 1. The Bertz CT molecular complexity index is 1150. The van der Waals surface area contributed by atoms with E-state index in [-0.39, 0.29) is 38.2 Å². The van der Waals surface area contributed by atoms with Crippen molar-refractivity contribution in [3.05, 3.63) is 58.5 Å². The third kappa shape index (κ3) is 5.80. The van der Waals surface area contributed by atoms with Crippen LogP contribution in [0.5, 0.6) is 0 Å². The Kier molecular flexibility index (Phi) is 7.34. The molecule has 0 radical (unpaired) electrons. The van der Waals surface area contributed by atoms with E-state index in [0.717, 1.165) is 11.8 Å². The first-order chi connectivity index (χ1) is 16.1. The van der Waals surface area contributed by atoms with Crippen molar-refractivity contribution in [2.75, 3.05) is 31.5 Å². The molecular formula is C23H27N5O6. The predicted molar refractivity (Wildman–Crippen MR) is 124 cm³/mol. The lowest BCUT2D eigenvalue weighted by molar-refractivity contribution is -0.149. The predicted octanol–water partition coefficient (Wildman–Crippen LogP) is 1.13. The summed E-state index contributed by atoms with van der Waals surface area (Å²) >= 11 is 0. The minimum atomic E-state index is -1.40. The van der Waals surface area contributed by atoms with Crippen LogP contribution < -0.4 is 16.6 Å². The maximum Gasteiger partial charge on any atom is 0.405 e. The van der Waals surface area contributed by atoms with Gasteiger partial charge in [-0.25, -0.2) is 9.59 Å². The largest absolute Gasteiger partial charge is 0.434 e. The summed E-state index contributed by atoms with van der Waals surface area (Å²) in [6, 6.07) is 9.60. The number of aldehydes is 1. The van der Waals surface area contributed by atoms with Crippen LogP contribution in [0.3, 0.4) is 0 Å². The van der Waals surface area contributed by atoms with Crippen molar-refractivity contribution in [3.8, 4) is 5.69 Å². The molecule has 34 heavy (non-hydrogen) atoms. The summed E-state index contributed by atoms with van der Waals surface area (Å²) in [6.07, 6.45) is 1.57. The molecule has 1 saturated heterocycles. The van der Waals surface area contributed by atoms with Gasteiger partial charge in [-0.3, -0.25) is 14.2 Å². The van der Waals surface area contributed by atoms with Crippen molar-refractivity contribution in [1.29, 1.82) is 0 Å². The SMILES string of the molecule is CC(C)(OC(N)=O)C(=O)N1CCN(C(=O)Nc2ccn(-c3cccc(CC=O)c3)c(=O)c2)CC1. The summed E-state index contributed by atoms with van der Waals surface area (Å²) in [5.41, 5.74) is 5.03. The minimum absolute atomic E-state index is 0.255. The zero-order valence-electron chi connectivity index (χ0n) is 19.0. The molecule has 11 heteroatoms. The third-order valence-corrected chi connectivity index (χ3v) is 5.40. The Labute approximate surface area is 196 Å². The summed E-state index contributed by atoms with van der Waals surface area (Å²) < 4.78 is 6.31. The van der Waals surface area contributed by atoms with Crippen molar-refractivity contribution in [3.63, 3.8) is 0 Å². The number of piperazine rings is 1. The van der Waals surface area contributed by atoms with Crippen LogP contribution in [0.25, 0.3) is 5.69 Å². The fourth-order valence-corrected chi connectivity index (χ4v) is 3.69. The van der Waals surface area contributed by atoms with Crippen LogP contribution in [0.15, 0.2) is 47.4 Å². The monoisotopic (exact) mass is 469 g/mol. The molecule has 0 unspecified atom stereocenters. The Morgan fingerprint density at radius 1 is 1.09 bits per heavy atom. The third-order valence-electron chi connectivity index (χ3n) is 5.40. The Balaban J connectivity index is 1.60.